The first-order chi connectivity index (χ1) is 15.6. The van der Waals surface area contributed by atoms with Gasteiger partial charge in [0.15, 0.2) is 28.6 Å². The molecule has 0 radical (unpaired) electrons. The smallest absolute Gasteiger partial charge is 0.165 e. The second kappa shape index (κ2) is 8.97. The number of aromatic nitrogens is 3. The van der Waals surface area contributed by atoms with Crippen LogP contribution >= 0.6 is 0 Å². The van der Waals surface area contributed by atoms with Crippen LogP contribution in [0.1, 0.15) is 6.92 Å². The van der Waals surface area contributed by atoms with Crippen LogP contribution in [0.2, 0.25) is 0 Å². The van der Waals surface area contributed by atoms with Crippen LogP contribution in [0.3, 0.4) is 0 Å². The minimum atomic E-state index is 0.351. The molecule has 0 spiro atoms. The molecule has 8 heteroatoms. The fourth-order valence-electron chi connectivity index (χ4n) is 3.57. The van der Waals surface area contributed by atoms with Crippen molar-refractivity contribution in [2.24, 2.45) is 0 Å². The zero-order valence-electron chi connectivity index (χ0n) is 18.4. The van der Waals surface area contributed by atoms with Crippen LogP contribution in [-0.2, 0) is 0 Å². The molecule has 8 nitrogen and oxygen atoms in total. The van der Waals surface area contributed by atoms with Crippen LogP contribution in [0.4, 0.5) is 5.82 Å². The number of benzene rings is 2. The van der Waals surface area contributed by atoms with Crippen LogP contribution in [0.15, 0.2) is 48.8 Å². The van der Waals surface area contributed by atoms with E-state index in [1.165, 1.54) is 6.33 Å². The number of nitrogens with zero attached hydrogens (tertiary/aromatic N) is 3. The van der Waals surface area contributed by atoms with Gasteiger partial charge >= 0.3 is 0 Å². The number of nitrogens with two attached hydrogens (primary N) is 1. The summed E-state index contributed by atoms with van der Waals surface area (Å²) in [5, 5.41) is 0.669. The summed E-state index contributed by atoms with van der Waals surface area (Å²) in [7, 11) is 4.81. The van der Waals surface area contributed by atoms with Crippen LogP contribution in [-0.4, -0.2) is 42.9 Å². The summed E-state index contributed by atoms with van der Waals surface area (Å²) in [6.45, 7) is 2.47. The van der Waals surface area contributed by atoms with Gasteiger partial charge in [-0.1, -0.05) is 6.07 Å². The Morgan fingerprint density at radius 3 is 2.16 bits per heavy atom. The van der Waals surface area contributed by atoms with Crippen molar-refractivity contribution >= 4 is 16.9 Å². The molecule has 32 heavy (non-hydrogen) atoms. The molecule has 0 amide bonds. The van der Waals surface area contributed by atoms with E-state index in [9.17, 15) is 0 Å². The quantitative estimate of drug-likeness (QED) is 0.459. The van der Waals surface area contributed by atoms with Gasteiger partial charge in [-0.05, 0) is 54.4 Å². The number of rotatable bonds is 7. The molecule has 2 N–H and O–H groups in total. The zero-order chi connectivity index (χ0) is 22.7. The second-order valence-electron chi connectivity index (χ2n) is 6.88. The Balaban J connectivity index is 1.95. The highest BCUT2D eigenvalue weighted by atomic mass is 16.5. The average Bonchev–Trinajstić information content (AvgIpc) is 2.83. The lowest BCUT2D eigenvalue weighted by molar-refractivity contribution is 0.311. The van der Waals surface area contributed by atoms with E-state index in [0.717, 1.165) is 16.7 Å². The lowest BCUT2D eigenvalue weighted by Crippen LogP contribution is -2.00. The number of methoxy groups -OCH3 is 3. The number of ether oxygens (including phenoxy) is 4. The zero-order valence-corrected chi connectivity index (χ0v) is 18.4. The van der Waals surface area contributed by atoms with Crippen LogP contribution in [0.5, 0.6) is 23.0 Å². The molecule has 2 aromatic carbocycles. The number of hydrogen-bond donors (Lipinski definition) is 1. The van der Waals surface area contributed by atoms with Gasteiger partial charge in [0, 0.05) is 5.56 Å². The average molecular weight is 432 g/mol. The highest BCUT2D eigenvalue weighted by Crippen LogP contribution is 2.39. The van der Waals surface area contributed by atoms with Gasteiger partial charge in [-0.25, -0.2) is 15.0 Å². The van der Waals surface area contributed by atoms with Crippen molar-refractivity contribution in [3.8, 4) is 45.4 Å². The molecule has 0 bridgehead atoms. The van der Waals surface area contributed by atoms with E-state index < -0.39 is 0 Å². The van der Waals surface area contributed by atoms with Crippen LogP contribution in [0, 0.1) is 0 Å². The van der Waals surface area contributed by atoms with Gasteiger partial charge in [-0.2, -0.15) is 0 Å². The highest BCUT2D eigenvalue weighted by Gasteiger charge is 2.16. The van der Waals surface area contributed by atoms with E-state index >= 15 is 0 Å². The summed E-state index contributed by atoms with van der Waals surface area (Å²) >= 11 is 0. The summed E-state index contributed by atoms with van der Waals surface area (Å²) < 4.78 is 22.0. The van der Waals surface area contributed by atoms with Crippen molar-refractivity contribution in [2.75, 3.05) is 33.7 Å². The Morgan fingerprint density at radius 1 is 0.781 bits per heavy atom. The van der Waals surface area contributed by atoms with E-state index in [0.29, 0.717) is 52.2 Å². The molecule has 0 unspecified atom stereocenters. The van der Waals surface area contributed by atoms with Crippen LogP contribution < -0.4 is 24.7 Å². The van der Waals surface area contributed by atoms with E-state index in [2.05, 4.69) is 9.97 Å². The Labute approximate surface area is 186 Å². The topological polar surface area (TPSA) is 102 Å². The third-order valence-corrected chi connectivity index (χ3v) is 5.09. The Kier molecular flexibility index (Phi) is 5.93. The number of nitrogen functional groups attached to an aromatic ring is 1. The molecule has 0 aliphatic rings. The maximum Gasteiger partial charge on any atom is 0.165 e. The summed E-state index contributed by atoms with van der Waals surface area (Å²) in [5.74, 6) is 2.89. The molecule has 0 saturated heterocycles. The summed E-state index contributed by atoms with van der Waals surface area (Å²) in [6.07, 6.45) is 1.41. The number of fused-ring (bicyclic) bond motifs is 1. The SMILES string of the molecule is CCOc1ccc(-c2cc(-c3ccc(OC)c(OC)c3)nc3ncnc(N)c23)cc1OC. The van der Waals surface area contributed by atoms with Crippen molar-refractivity contribution < 1.29 is 18.9 Å². The third-order valence-electron chi connectivity index (χ3n) is 5.09. The highest BCUT2D eigenvalue weighted by molar-refractivity contribution is 6.01. The molecule has 0 fully saturated rings. The molecule has 0 saturated carbocycles. The van der Waals surface area contributed by atoms with Gasteiger partial charge in [0.1, 0.15) is 12.1 Å². The van der Waals surface area contributed by atoms with Gasteiger partial charge in [-0.15, -0.1) is 0 Å². The van der Waals surface area contributed by atoms with Crippen molar-refractivity contribution in [1.82, 2.24) is 15.0 Å². The summed E-state index contributed by atoms with van der Waals surface area (Å²) in [4.78, 5) is 13.3. The largest absolute Gasteiger partial charge is 0.493 e. The predicted molar refractivity (Wildman–Crippen MR) is 123 cm³/mol. The molecule has 0 aliphatic carbocycles. The molecule has 0 atom stereocenters. The first kappa shape index (κ1) is 21.2. The first-order valence-corrected chi connectivity index (χ1v) is 10.0. The molecular formula is C24H24N4O4. The number of pyridine rings is 1. The molecular weight excluding hydrogens is 408 g/mol. The van der Waals surface area contributed by atoms with E-state index in [4.69, 9.17) is 29.7 Å². The lowest BCUT2D eigenvalue weighted by Gasteiger charge is -2.14. The maximum absolute atomic E-state index is 6.23. The molecule has 2 aromatic heterocycles. The fraction of sp³-hybridized carbons (Fsp3) is 0.208. The second-order valence-corrected chi connectivity index (χ2v) is 6.88. The minimum absolute atomic E-state index is 0.351. The number of anilines is 1. The van der Waals surface area contributed by atoms with Crippen molar-refractivity contribution in [3.05, 3.63) is 48.8 Å². The van der Waals surface area contributed by atoms with Gasteiger partial charge in [-0.3, -0.25) is 0 Å². The normalized spacial score (nSPS) is 10.8. The Hall–Kier alpha value is -4.07. The molecule has 4 aromatic rings. The Bertz CT molecular complexity index is 1280. The molecule has 164 valence electrons. The van der Waals surface area contributed by atoms with Crippen molar-refractivity contribution in [3.63, 3.8) is 0 Å². The first-order valence-electron chi connectivity index (χ1n) is 10.0. The fourth-order valence-corrected chi connectivity index (χ4v) is 3.57. The van der Waals surface area contributed by atoms with E-state index in [-0.39, 0.29) is 0 Å². The Morgan fingerprint density at radius 2 is 1.44 bits per heavy atom. The van der Waals surface area contributed by atoms with E-state index in [1.807, 2.05) is 49.4 Å². The van der Waals surface area contributed by atoms with Gasteiger partial charge in [0.25, 0.3) is 0 Å². The molecule has 4 rings (SSSR count). The summed E-state index contributed by atoms with van der Waals surface area (Å²) in [6, 6.07) is 13.3. The van der Waals surface area contributed by atoms with Crippen LogP contribution in [0.25, 0.3) is 33.4 Å². The lowest BCUT2D eigenvalue weighted by atomic mass is 9.99. The van der Waals surface area contributed by atoms with Gasteiger partial charge in [0.2, 0.25) is 0 Å². The third kappa shape index (κ3) is 3.82. The van der Waals surface area contributed by atoms with Gasteiger partial charge < -0.3 is 24.7 Å². The summed E-state index contributed by atoms with van der Waals surface area (Å²) in [5.41, 5.74) is 9.99. The van der Waals surface area contributed by atoms with Crippen molar-refractivity contribution in [1.29, 1.82) is 0 Å². The van der Waals surface area contributed by atoms with Gasteiger partial charge in [0.05, 0.1) is 39.0 Å². The standard InChI is InChI=1S/C24H24N4O4/c1-5-32-19-9-6-14(10-21(19)31-4)16-12-17(28-24-22(16)23(25)26-13-27-24)15-7-8-18(29-2)20(11-15)30-3/h6-13H,5H2,1-4H3,(H2,25,26,27,28). The monoisotopic (exact) mass is 432 g/mol. The van der Waals surface area contributed by atoms with Crippen molar-refractivity contribution in [2.45, 2.75) is 6.92 Å². The minimum Gasteiger partial charge on any atom is -0.493 e. The molecule has 2 heterocycles. The predicted octanol–water partition coefficient (Wildman–Crippen LogP) is 4.37. The molecule has 0 aliphatic heterocycles. The number of hydrogen-bond acceptors (Lipinski definition) is 8. The van der Waals surface area contributed by atoms with E-state index in [1.54, 1.807) is 21.3 Å². The maximum atomic E-state index is 6.23.